The average molecular weight is 298 g/mol. The van der Waals surface area contributed by atoms with Gasteiger partial charge in [-0.2, -0.15) is 12.7 Å². The fourth-order valence-electron chi connectivity index (χ4n) is 1.21. The molecule has 0 aromatic rings. The standard InChI is InChI=1S/C8H16N4O5S.H2O/c1-2-3-4-16-7-5-6(9)12(8(10)11-7)17-18(13,14)15;/h5,8H,2-4,10H2,1H3,(H3,9,11,13,14,15);1H2. The van der Waals surface area contributed by atoms with Crippen molar-refractivity contribution in [1.82, 2.24) is 5.32 Å². The first kappa shape index (κ1) is 17.4. The van der Waals surface area contributed by atoms with E-state index in [0.717, 1.165) is 12.8 Å². The van der Waals surface area contributed by atoms with Crippen molar-refractivity contribution in [3.63, 3.8) is 0 Å². The number of hydrogen-bond acceptors (Lipinski definition) is 8. The van der Waals surface area contributed by atoms with E-state index < -0.39 is 16.7 Å². The summed E-state index contributed by atoms with van der Waals surface area (Å²) in [5, 5.41) is 2.62. The molecule has 1 unspecified atom stereocenters. The van der Waals surface area contributed by atoms with Crippen LogP contribution < -0.4 is 16.8 Å². The second-order valence-corrected chi connectivity index (χ2v) is 4.56. The van der Waals surface area contributed by atoms with E-state index in [1.807, 2.05) is 6.92 Å². The Kier molecular flexibility index (Phi) is 6.55. The van der Waals surface area contributed by atoms with Gasteiger partial charge < -0.3 is 15.5 Å². The molecule has 0 fully saturated rings. The maximum Gasteiger partial charge on any atom is 0.481 e. The molecule has 10 nitrogen and oxygen atoms in total. The van der Waals surface area contributed by atoms with Crippen molar-refractivity contribution in [2.24, 2.45) is 11.5 Å². The van der Waals surface area contributed by atoms with Crippen LogP contribution in [0.1, 0.15) is 19.8 Å². The number of nitrogens with two attached hydrogens (primary N) is 2. The maximum absolute atomic E-state index is 10.6. The lowest BCUT2D eigenvalue weighted by Gasteiger charge is -2.21. The van der Waals surface area contributed by atoms with Gasteiger partial charge in [-0.05, 0) is 11.2 Å². The van der Waals surface area contributed by atoms with Gasteiger partial charge in [0.2, 0.25) is 0 Å². The van der Waals surface area contributed by atoms with E-state index in [1.54, 1.807) is 0 Å². The van der Waals surface area contributed by atoms with Gasteiger partial charge in [-0.15, -0.1) is 0 Å². The Balaban J connectivity index is 0.00000324. The van der Waals surface area contributed by atoms with Gasteiger partial charge in [-0.1, -0.05) is 13.3 Å². The van der Waals surface area contributed by atoms with Gasteiger partial charge in [0.1, 0.15) is 0 Å². The molecule has 19 heavy (non-hydrogen) atoms. The van der Waals surface area contributed by atoms with Gasteiger partial charge in [0.15, 0.2) is 5.88 Å². The second kappa shape index (κ2) is 7.13. The molecule has 11 heteroatoms. The van der Waals surface area contributed by atoms with Crippen LogP contribution in [0.2, 0.25) is 0 Å². The van der Waals surface area contributed by atoms with Crippen LogP contribution in [-0.2, 0) is 19.4 Å². The normalized spacial score (nSPS) is 19.1. The molecule has 0 spiro atoms. The van der Waals surface area contributed by atoms with E-state index in [1.165, 1.54) is 6.08 Å². The number of nitrogens with zero attached hydrogens (tertiary/aromatic N) is 1. The van der Waals surface area contributed by atoms with Gasteiger partial charge in [0.05, 0.1) is 12.7 Å². The summed E-state index contributed by atoms with van der Waals surface area (Å²) >= 11 is 0. The highest BCUT2D eigenvalue weighted by Crippen LogP contribution is 2.04. The zero-order chi connectivity index (χ0) is 13.8. The molecule has 0 aromatic heterocycles. The molecule has 1 rings (SSSR count). The predicted octanol–water partition coefficient (Wildman–Crippen LogP) is -1.58. The third-order valence-corrected chi connectivity index (χ3v) is 2.36. The van der Waals surface area contributed by atoms with Crippen LogP contribution in [0, 0.1) is 0 Å². The molecule has 0 aliphatic carbocycles. The first-order valence-electron chi connectivity index (χ1n) is 5.28. The number of ether oxygens (including phenoxy) is 1. The van der Waals surface area contributed by atoms with E-state index in [0.29, 0.717) is 17.2 Å². The summed E-state index contributed by atoms with van der Waals surface area (Å²) in [6.07, 6.45) is 2.05. The molecule has 0 bridgehead atoms. The van der Waals surface area contributed by atoms with Gasteiger partial charge in [-0.3, -0.25) is 16.0 Å². The molecule has 0 amide bonds. The summed E-state index contributed by atoms with van der Waals surface area (Å²) in [6.45, 7) is 2.49. The maximum atomic E-state index is 10.6. The summed E-state index contributed by atoms with van der Waals surface area (Å²) in [4.78, 5) is 0. The van der Waals surface area contributed by atoms with Crippen LogP contribution in [0.4, 0.5) is 0 Å². The van der Waals surface area contributed by atoms with Crippen LogP contribution in [0.25, 0.3) is 0 Å². The first-order chi connectivity index (χ1) is 8.33. The number of unbranched alkanes of at least 4 members (excludes halogenated alkanes) is 1. The molecule has 1 heterocycles. The van der Waals surface area contributed by atoms with E-state index in [4.69, 9.17) is 20.8 Å². The quantitative estimate of drug-likeness (QED) is 0.256. The number of rotatable bonds is 6. The van der Waals surface area contributed by atoms with Gasteiger partial charge in [0, 0.05) is 0 Å². The SMILES string of the molecule is CCCCOC1=CC(N)=[N+](OS(=O)(=O)O)C(N)N1.[OH-]. The molecule has 0 aromatic carbocycles. The van der Waals surface area contributed by atoms with Crippen LogP contribution in [0.15, 0.2) is 12.0 Å². The summed E-state index contributed by atoms with van der Waals surface area (Å²) in [7, 11) is -4.69. The monoisotopic (exact) mass is 298 g/mol. The van der Waals surface area contributed by atoms with E-state index in [2.05, 4.69) is 9.60 Å². The summed E-state index contributed by atoms with van der Waals surface area (Å²) < 4.78 is 39.8. The minimum absolute atomic E-state index is 0. The lowest BCUT2D eigenvalue weighted by molar-refractivity contribution is -0.776. The van der Waals surface area contributed by atoms with Crippen molar-refractivity contribution >= 4 is 16.2 Å². The summed E-state index contributed by atoms with van der Waals surface area (Å²) in [5.41, 5.74) is 11.1. The number of nitrogens with one attached hydrogen (secondary N) is 1. The van der Waals surface area contributed by atoms with Crippen molar-refractivity contribution in [2.75, 3.05) is 6.61 Å². The van der Waals surface area contributed by atoms with Gasteiger partial charge in [-0.25, -0.2) is 0 Å². The van der Waals surface area contributed by atoms with Crippen molar-refractivity contribution in [3.05, 3.63) is 12.0 Å². The summed E-state index contributed by atoms with van der Waals surface area (Å²) in [6, 6.07) is 0. The van der Waals surface area contributed by atoms with Crippen LogP contribution in [0.3, 0.4) is 0 Å². The highest BCUT2D eigenvalue weighted by atomic mass is 32.3. The lowest BCUT2D eigenvalue weighted by atomic mass is 10.4. The Morgan fingerprint density at radius 2 is 2.21 bits per heavy atom. The predicted molar refractivity (Wildman–Crippen MR) is 64.1 cm³/mol. The van der Waals surface area contributed by atoms with E-state index in [9.17, 15) is 8.42 Å². The molecule has 112 valence electrons. The van der Waals surface area contributed by atoms with Gasteiger partial charge in [0.25, 0.3) is 6.29 Å². The zero-order valence-corrected chi connectivity index (χ0v) is 11.1. The third kappa shape index (κ3) is 5.74. The number of hydrogen-bond donors (Lipinski definition) is 4. The fourth-order valence-corrected chi connectivity index (χ4v) is 1.59. The fraction of sp³-hybridized carbons (Fsp3) is 0.625. The zero-order valence-electron chi connectivity index (χ0n) is 10.3. The number of hydroxylamine groups is 1. The second-order valence-electron chi connectivity index (χ2n) is 3.55. The van der Waals surface area contributed by atoms with E-state index >= 15 is 0 Å². The number of amidine groups is 1. The highest BCUT2D eigenvalue weighted by molar-refractivity contribution is 7.80. The Morgan fingerprint density at radius 1 is 1.58 bits per heavy atom. The Hall–Kier alpha value is -1.56. The topological polar surface area (TPSA) is 170 Å². The summed E-state index contributed by atoms with van der Waals surface area (Å²) in [5.74, 6) is 0.203. The lowest BCUT2D eigenvalue weighted by Crippen LogP contribution is -2.54. The molecular weight excluding hydrogens is 280 g/mol. The molecule has 1 atom stereocenters. The van der Waals surface area contributed by atoms with Crippen molar-refractivity contribution in [2.45, 2.75) is 26.1 Å². The van der Waals surface area contributed by atoms with Crippen molar-refractivity contribution in [3.8, 4) is 0 Å². The van der Waals surface area contributed by atoms with Crippen molar-refractivity contribution < 1.29 is 32.2 Å². The van der Waals surface area contributed by atoms with Crippen molar-refractivity contribution in [1.29, 1.82) is 0 Å². The molecule has 0 saturated carbocycles. The van der Waals surface area contributed by atoms with Crippen LogP contribution >= 0.6 is 0 Å². The highest BCUT2D eigenvalue weighted by Gasteiger charge is 2.29. The average Bonchev–Trinajstić information content (AvgIpc) is 2.23. The Bertz CT molecular complexity index is 460. The van der Waals surface area contributed by atoms with Crippen LogP contribution in [0.5, 0.6) is 0 Å². The smallest absolute Gasteiger partial charge is 0.481 e. The molecular formula is C8H18N4O6S. The molecule has 0 radical (unpaired) electrons. The van der Waals surface area contributed by atoms with Gasteiger partial charge >= 0.3 is 16.2 Å². The first-order valence-corrected chi connectivity index (χ1v) is 6.65. The Morgan fingerprint density at radius 3 is 2.68 bits per heavy atom. The molecule has 1 aliphatic heterocycles. The third-order valence-electron chi connectivity index (χ3n) is 2.01. The van der Waals surface area contributed by atoms with Crippen LogP contribution in [-0.4, -0.2) is 41.9 Å². The van der Waals surface area contributed by atoms with E-state index in [-0.39, 0.29) is 11.3 Å². The molecule has 7 N–H and O–H groups in total. The minimum atomic E-state index is -4.69. The Labute approximate surface area is 110 Å². The minimum Gasteiger partial charge on any atom is -0.870 e. The largest absolute Gasteiger partial charge is 0.870 e. The molecule has 1 aliphatic rings. The molecule has 0 saturated heterocycles.